The molecule has 1 rings (SSSR count). The van der Waals surface area contributed by atoms with Gasteiger partial charge in [-0.15, -0.1) is 0 Å². The maximum atomic E-state index is 9.02. The summed E-state index contributed by atoms with van der Waals surface area (Å²) in [6.07, 6.45) is 7.73. The molecule has 0 bridgehead atoms. The van der Waals surface area contributed by atoms with E-state index in [9.17, 15) is 0 Å². The van der Waals surface area contributed by atoms with Crippen molar-refractivity contribution in [2.45, 2.75) is 58.2 Å². The summed E-state index contributed by atoms with van der Waals surface area (Å²) in [5.74, 6) is 0.185. The van der Waals surface area contributed by atoms with Crippen LogP contribution in [0.2, 0.25) is 0 Å². The van der Waals surface area contributed by atoms with Crippen molar-refractivity contribution in [1.82, 2.24) is 0 Å². The lowest BCUT2D eigenvalue weighted by Crippen LogP contribution is -2.10. The van der Waals surface area contributed by atoms with Gasteiger partial charge >= 0.3 is 0 Å². The monoisotopic (exact) mass is 225 g/mol. The van der Waals surface area contributed by atoms with E-state index in [0.717, 1.165) is 19.3 Å². The van der Waals surface area contributed by atoms with Gasteiger partial charge in [-0.1, -0.05) is 32.6 Å². The second-order valence-electron chi connectivity index (χ2n) is 4.42. The van der Waals surface area contributed by atoms with Crippen LogP contribution in [0.15, 0.2) is 0 Å². The van der Waals surface area contributed by atoms with E-state index in [0.29, 0.717) is 13.2 Å². The molecule has 1 heterocycles. The van der Waals surface area contributed by atoms with Crippen LogP contribution >= 0.6 is 0 Å². The molecule has 1 atom stereocenters. The van der Waals surface area contributed by atoms with Crippen LogP contribution in [0.1, 0.15) is 51.9 Å². The Morgan fingerprint density at radius 3 is 2.56 bits per heavy atom. The van der Waals surface area contributed by atoms with E-state index in [2.05, 4.69) is 13.0 Å². The molecule has 3 heteroatoms. The minimum atomic E-state index is -0.0495. The summed E-state index contributed by atoms with van der Waals surface area (Å²) >= 11 is 0. The largest absolute Gasteiger partial charge is 0.350 e. The van der Waals surface area contributed by atoms with Gasteiger partial charge in [0, 0.05) is 5.92 Å². The molecule has 16 heavy (non-hydrogen) atoms. The molecule has 0 radical (unpaired) electrons. The Hall–Kier alpha value is -0.590. The second-order valence-corrected chi connectivity index (χ2v) is 4.42. The van der Waals surface area contributed by atoms with Gasteiger partial charge in [-0.2, -0.15) is 5.26 Å². The Morgan fingerprint density at radius 1 is 1.19 bits per heavy atom. The quantitative estimate of drug-likeness (QED) is 0.595. The van der Waals surface area contributed by atoms with Gasteiger partial charge in [0.05, 0.1) is 19.3 Å². The first-order valence-electron chi connectivity index (χ1n) is 6.49. The topological polar surface area (TPSA) is 42.2 Å². The van der Waals surface area contributed by atoms with Gasteiger partial charge in [0.15, 0.2) is 6.29 Å². The Morgan fingerprint density at radius 2 is 1.94 bits per heavy atom. The number of hydrogen-bond acceptors (Lipinski definition) is 3. The molecule has 92 valence electrons. The molecule has 0 aromatic rings. The molecular weight excluding hydrogens is 202 g/mol. The first-order chi connectivity index (χ1) is 7.86. The zero-order valence-electron chi connectivity index (χ0n) is 10.3. The highest BCUT2D eigenvalue weighted by Crippen LogP contribution is 2.19. The third-order valence-electron chi connectivity index (χ3n) is 3.03. The summed E-state index contributed by atoms with van der Waals surface area (Å²) in [4.78, 5) is 0. The molecule has 0 aromatic carbocycles. The minimum absolute atomic E-state index is 0.0495. The lowest BCUT2D eigenvalue weighted by Gasteiger charge is -2.12. The fraction of sp³-hybridized carbons (Fsp3) is 0.923. The molecule has 1 saturated heterocycles. The Kier molecular flexibility index (Phi) is 7.20. The van der Waals surface area contributed by atoms with Gasteiger partial charge in [0.25, 0.3) is 0 Å². The van der Waals surface area contributed by atoms with Gasteiger partial charge < -0.3 is 9.47 Å². The Balaban J connectivity index is 2.04. The summed E-state index contributed by atoms with van der Waals surface area (Å²) in [5.41, 5.74) is 0. The Bertz CT molecular complexity index is 206. The van der Waals surface area contributed by atoms with E-state index in [1.54, 1.807) is 0 Å². The minimum Gasteiger partial charge on any atom is -0.350 e. The van der Waals surface area contributed by atoms with E-state index in [4.69, 9.17) is 14.7 Å². The van der Waals surface area contributed by atoms with Gasteiger partial charge in [0.1, 0.15) is 0 Å². The summed E-state index contributed by atoms with van der Waals surface area (Å²) in [7, 11) is 0. The van der Waals surface area contributed by atoms with Crippen molar-refractivity contribution in [3.63, 3.8) is 0 Å². The SMILES string of the molecule is CCCCCCC(C#N)CCC1OCCO1. The zero-order chi connectivity index (χ0) is 11.6. The summed E-state index contributed by atoms with van der Waals surface area (Å²) in [6, 6.07) is 2.39. The van der Waals surface area contributed by atoms with Crippen molar-refractivity contribution in [3.05, 3.63) is 0 Å². The number of hydrogen-bond donors (Lipinski definition) is 0. The van der Waals surface area contributed by atoms with Crippen LogP contribution in [-0.4, -0.2) is 19.5 Å². The van der Waals surface area contributed by atoms with Crippen LogP contribution < -0.4 is 0 Å². The fourth-order valence-electron chi connectivity index (χ4n) is 2.00. The molecule has 3 nitrogen and oxygen atoms in total. The fourth-order valence-corrected chi connectivity index (χ4v) is 2.00. The zero-order valence-corrected chi connectivity index (χ0v) is 10.3. The third-order valence-corrected chi connectivity index (χ3v) is 3.03. The van der Waals surface area contributed by atoms with E-state index in [1.807, 2.05) is 0 Å². The molecule has 1 aliphatic heterocycles. The molecule has 0 amide bonds. The predicted octanol–water partition coefficient (Wildman–Crippen LogP) is 3.25. The lowest BCUT2D eigenvalue weighted by atomic mass is 9.97. The maximum Gasteiger partial charge on any atom is 0.157 e. The van der Waals surface area contributed by atoms with Crippen LogP contribution in [0, 0.1) is 17.2 Å². The van der Waals surface area contributed by atoms with Crippen molar-refractivity contribution < 1.29 is 9.47 Å². The van der Waals surface area contributed by atoms with E-state index < -0.39 is 0 Å². The van der Waals surface area contributed by atoms with E-state index in [-0.39, 0.29) is 12.2 Å². The lowest BCUT2D eigenvalue weighted by molar-refractivity contribution is -0.0493. The predicted molar refractivity (Wildman–Crippen MR) is 62.8 cm³/mol. The molecule has 1 unspecified atom stereocenters. The molecule has 0 spiro atoms. The van der Waals surface area contributed by atoms with E-state index >= 15 is 0 Å². The van der Waals surface area contributed by atoms with Crippen molar-refractivity contribution >= 4 is 0 Å². The number of ether oxygens (including phenoxy) is 2. The van der Waals surface area contributed by atoms with Crippen LogP contribution in [0.3, 0.4) is 0 Å². The smallest absolute Gasteiger partial charge is 0.157 e. The van der Waals surface area contributed by atoms with Crippen LogP contribution in [-0.2, 0) is 9.47 Å². The van der Waals surface area contributed by atoms with Crippen molar-refractivity contribution in [1.29, 1.82) is 5.26 Å². The second kappa shape index (κ2) is 8.55. The third kappa shape index (κ3) is 5.48. The summed E-state index contributed by atoms with van der Waals surface area (Å²) in [5, 5.41) is 9.02. The molecule has 1 fully saturated rings. The van der Waals surface area contributed by atoms with Crippen LogP contribution in [0.4, 0.5) is 0 Å². The molecule has 0 aromatic heterocycles. The van der Waals surface area contributed by atoms with Crippen molar-refractivity contribution in [2.24, 2.45) is 5.92 Å². The molecule has 1 aliphatic rings. The number of nitrogens with zero attached hydrogens (tertiary/aromatic N) is 1. The average molecular weight is 225 g/mol. The number of unbranched alkanes of at least 4 members (excludes halogenated alkanes) is 3. The number of rotatable bonds is 8. The molecular formula is C13H23NO2. The van der Waals surface area contributed by atoms with Crippen molar-refractivity contribution in [2.75, 3.05) is 13.2 Å². The van der Waals surface area contributed by atoms with Gasteiger partial charge in [-0.05, 0) is 19.3 Å². The standard InChI is InChI=1S/C13H23NO2/c1-2-3-4-5-6-12(11-14)7-8-13-15-9-10-16-13/h12-13H,2-10H2,1H3. The van der Waals surface area contributed by atoms with E-state index in [1.165, 1.54) is 25.7 Å². The van der Waals surface area contributed by atoms with Crippen LogP contribution in [0.25, 0.3) is 0 Å². The summed E-state index contributed by atoms with van der Waals surface area (Å²) in [6.45, 7) is 3.62. The normalized spacial score (nSPS) is 18.5. The van der Waals surface area contributed by atoms with Gasteiger partial charge in [-0.25, -0.2) is 0 Å². The summed E-state index contributed by atoms with van der Waals surface area (Å²) < 4.78 is 10.7. The highest BCUT2D eigenvalue weighted by molar-refractivity contribution is 4.82. The number of nitriles is 1. The Labute approximate surface area is 98.7 Å². The molecule has 0 saturated carbocycles. The van der Waals surface area contributed by atoms with Gasteiger partial charge in [-0.3, -0.25) is 0 Å². The van der Waals surface area contributed by atoms with Crippen LogP contribution in [0.5, 0.6) is 0 Å². The molecule has 0 aliphatic carbocycles. The first-order valence-corrected chi connectivity index (χ1v) is 6.49. The first kappa shape index (κ1) is 13.5. The molecule has 0 N–H and O–H groups in total. The highest BCUT2D eigenvalue weighted by atomic mass is 16.7. The average Bonchev–Trinajstić information content (AvgIpc) is 2.81. The highest BCUT2D eigenvalue weighted by Gasteiger charge is 2.17. The van der Waals surface area contributed by atoms with Crippen molar-refractivity contribution in [3.8, 4) is 6.07 Å². The van der Waals surface area contributed by atoms with Gasteiger partial charge in [0.2, 0.25) is 0 Å². The maximum absolute atomic E-state index is 9.02.